The standard InChI is InChI=1S/C28H29F4N5O4/c1-36-8-10-37(11-9-36)23-4-2-17(19-3-5-25(35-26(19)29)41-18-6-12-40-13-7-18)14-22(23)34-27(39)20-16-33-24(38)15-21(20)28(30,31)32/h2-5,14-16,18H,6-13H2,1H3,(H,33,38)(H,34,39). The molecule has 2 aromatic heterocycles. The molecule has 0 spiro atoms. The first-order chi connectivity index (χ1) is 19.6. The maximum atomic E-state index is 15.2. The summed E-state index contributed by atoms with van der Waals surface area (Å²) in [6.45, 7) is 3.81. The first-order valence-corrected chi connectivity index (χ1v) is 13.2. The molecular formula is C28H29F4N5O4. The van der Waals surface area contributed by atoms with Crippen LogP contribution in [0.2, 0.25) is 0 Å². The Bertz CT molecular complexity index is 1460. The van der Waals surface area contributed by atoms with Gasteiger partial charge in [-0.3, -0.25) is 9.59 Å². The molecule has 2 fully saturated rings. The predicted octanol–water partition coefficient (Wildman–Crippen LogP) is 4.16. The van der Waals surface area contributed by atoms with E-state index in [9.17, 15) is 22.8 Å². The Kier molecular flexibility index (Phi) is 8.27. The monoisotopic (exact) mass is 575 g/mol. The van der Waals surface area contributed by atoms with Crippen molar-refractivity contribution in [2.75, 3.05) is 56.7 Å². The zero-order chi connectivity index (χ0) is 29.1. The van der Waals surface area contributed by atoms with Crippen LogP contribution in [0.5, 0.6) is 5.88 Å². The molecule has 13 heteroatoms. The van der Waals surface area contributed by atoms with Crippen LogP contribution in [0, 0.1) is 5.95 Å². The lowest BCUT2D eigenvalue weighted by atomic mass is 10.0. The SMILES string of the molecule is CN1CCN(c2ccc(-c3ccc(OC4CCOCC4)nc3F)cc2NC(=O)c2c[nH]c(=O)cc2C(F)(F)F)CC1. The number of anilines is 2. The fraction of sp³-hybridized carbons (Fsp3) is 0.393. The highest BCUT2D eigenvalue weighted by molar-refractivity contribution is 6.07. The van der Waals surface area contributed by atoms with E-state index in [0.717, 1.165) is 19.3 Å². The van der Waals surface area contributed by atoms with Gasteiger partial charge in [-0.1, -0.05) is 6.07 Å². The number of pyridine rings is 2. The van der Waals surface area contributed by atoms with E-state index < -0.39 is 34.7 Å². The number of piperazine rings is 1. The molecule has 9 nitrogen and oxygen atoms in total. The Labute approximate surface area is 233 Å². The van der Waals surface area contributed by atoms with Crippen molar-refractivity contribution in [1.29, 1.82) is 0 Å². The molecule has 0 unspecified atom stereocenters. The van der Waals surface area contributed by atoms with Gasteiger partial charge in [0.05, 0.1) is 35.7 Å². The number of aromatic amines is 1. The average Bonchev–Trinajstić information content (AvgIpc) is 2.94. The number of ether oxygens (including phenoxy) is 2. The van der Waals surface area contributed by atoms with E-state index in [1.165, 1.54) is 12.1 Å². The number of halogens is 4. The maximum Gasteiger partial charge on any atom is 0.417 e. The van der Waals surface area contributed by atoms with E-state index in [-0.39, 0.29) is 23.2 Å². The molecule has 2 aliphatic heterocycles. The average molecular weight is 576 g/mol. The summed E-state index contributed by atoms with van der Waals surface area (Å²) < 4.78 is 67.2. The molecule has 2 saturated heterocycles. The Balaban J connectivity index is 1.47. The molecular weight excluding hydrogens is 546 g/mol. The van der Waals surface area contributed by atoms with Crippen molar-refractivity contribution in [3.63, 3.8) is 0 Å². The van der Waals surface area contributed by atoms with E-state index in [4.69, 9.17) is 9.47 Å². The maximum absolute atomic E-state index is 15.2. The molecule has 218 valence electrons. The Morgan fingerprint density at radius 2 is 1.83 bits per heavy atom. The minimum Gasteiger partial charge on any atom is -0.474 e. The summed E-state index contributed by atoms with van der Waals surface area (Å²) in [5.74, 6) is -1.72. The molecule has 5 rings (SSSR count). The van der Waals surface area contributed by atoms with Gasteiger partial charge >= 0.3 is 6.18 Å². The number of alkyl halides is 3. The highest BCUT2D eigenvalue weighted by Crippen LogP contribution is 2.35. The van der Waals surface area contributed by atoms with Crippen molar-refractivity contribution >= 4 is 17.3 Å². The van der Waals surface area contributed by atoms with Crippen molar-refractivity contribution < 1.29 is 31.8 Å². The second-order valence-corrected chi connectivity index (χ2v) is 10.0. The molecule has 0 atom stereocenters. The first-order valence-electron chi connectivity index (χ1n) is 13.2. The fourth-order valence-electron chi connectivity index (χ4n) is 4.87. The van der Waals surface area contributed by atoms with E-state index in [1.807, 2.05) is 11.9 Å². The Morgan fingerprint density at radius 1 is 1.10 bits per heavy atom. The predicted molar refractivity (Wildman–Crippen MR) is 144 cm³/mol. The summed E-state index contributed by atoms with van der Waals surface area (Å²) in [5.41, 5.74) is -1.83. The highest BCUT2D eigenvalue weighted by Gasteiger charge is 2.36. The lowest BCUT2D eigenvalue weighted by Crippen LogP contribution is -2.44. The third-order valence-corrected chi connectivity index (χ3v) is 7.15. The van der Waals surface area contributed by atoms with Crippen LogP contribution in [-0.2, 0) is 10.9 Å². The second-order valence-electron chi connectivity index (χ2n) is 10.0. The number of carbonyl (C=O) groups is 1. The van der Waals surface area contributed by atoms with Gasteiger partial charge in [0.15, 0.2) is 0 Å². The molecule has 0 saturated carbocycles. The lowest BCUT2D eigenvalue weighted by molar-refractivity contribution is -0.138. The molecule has 2 N–H and O–H groups in total. The van der Waals surface area contributed by atoms with Crippen LogP contribution in [0.15, 0.2) is 47.4 Å². The quantitative estimate of drug-likeness (QED) is 0.337. The molecule has 2 aliphatic rings. The fourth-order valence-corrected chi connectivity index (χ4v) is 4.87. The van der Waals surface area contributed by atoms with Gasteiger partial charge in [-0.05, 0) is 30.8 Å². The molecule has 3 aromatic rings. The first kappa shape index (κ1) is 28.6. The molecule has 0 bridgehead atoms. The van der Waals surface area contributed by atoms with E-state index in [0.29, 0.717) is 56.5 Å². The smallest absolute Gasteiger partial charge is 0.417 e. The number of hydrogen-bond donors (Lipinski definition) is 2. The summed E-state index contributed by atoms with van der Waals surface area (Å²) in [6, 6.07) is 8.28. The number of nitrogens with zero attached hydrogens (tertiary/aromatic N) is 3. The van der Waals surface area contributed by atoms with Crippen LogP contribution in [-0.4, -0.2) is 73.3 Å². The number of hydrogen-bond acceptors (Lipinski definition) is 7. The van der Waals surface area contributed by atoms with Crippen LogP contribution in [0.3, 0.4) is 0 Å². The molecule has 4 heterocycles. The van der Waals surface area contributed by atoms with Gasteiger partial charge in [0.25, 0.3) is 5.91 Å². The van der Waals surface area contributed by atoms with Crippen LogP contribution in [0.25, 0.3) is 11.1 Å². The summed E-state index contributed by atoms with van der Waals surface area (Å²) >= 11 is 0. The summed E-state index contributed by atoms with van der Waals surface area (Å²) in [6.07, 6.45) is -2.96. The number of amides is 1. The van der Waals surface area contributed by atoms with Gasteiger partial charge in [0.1, 0.15) is 6.10 Å². The highest BCUT2D eigenvalue weighted by atomic mass is 19.4. The number of carbonyl (C=O) groups excluding carboxylic acids is 1. The molecule has 41 heavy (non-hydrogen) atoms. The van der Waals surface area contributed by atoms with Crippen molar-refractivity contribution in [3.8, 4) is 17.0 Å². The van der Waals surface area contributed by atoms with Gasteiger partial charge in [0.2, 0.25) is 17.4 Å². The molecule has 1 aromatic carbocycles. The largest absolute Gasteiger partial charge is 0.474 e. The number of nitrogens with one attached hydrogen (secondary N) is 2. The Hall–Kier alpha value is -3.97. The molecule has 1 amide bonds. The number of likely N-dealkylation sites (N-methyl/N-ethyl adjacent to an activating group) is 1. The topological polar surface area (TPSA) is 99.8 Å². The van der Waals surface area contributed by atoms with Crippen LogP contribution in [0.1, 0.15) is 28.8 Å². The van der Waals surface area contributed by atoms with E-state index in [2.05, 4.69) is 20.2 Å². The summed E-state index contributed by atoms with van der Waals surface area (Å²) in [4.78, 5) is 34.9. The number of H-pyrrole nitrogens is 1. The zero-order valence-corrected chi connectivity index (χ0v) is 22.3. The van der Waals surface area contributed by atoms with Crippen LogP contribution in [0.4, 0.5) is 28.9 Å². The normalized spacial score (nSPS) is 17.0. The zero-order valence-electron chi connectivity index (χ0n) is 22.3. The summed E-state index contributed by atoms with van der Waals surface area (Å²) in [5, 5.41) is 2.57. The minimum absolute atomic E-state index is 0.124. The van der Waals surface area contributed by atoms with Gasteiger partial charge in [-0.2, -0.15) is 22.5 Å². The van der Waals surface area contributed by atoms with Crippen molar-refractivity contribution in [2.24, 2.45) is 0 Å². The van der Waals surface area contributed by atoms with E-state index in [1.54, 1.807) is 18.2 Å². The van der Waals surface area contributed by atoms with Gasteiger partial charge in [0, 0.05) is 62.9 Å². The lowest BCUT2D eigenvalue weighted by Gasteiger charge is -2.35. The van der Waals surface area contributed by atoms with Crippen molar-refractivity contribution in [2.45, 2.75) is 25.1 Å². The minimum atomic E-state index is -4.92. The summed E-state index contributed by atoms with van der Waals surface area (Å²) in [7, 11) is 1.98. The third kappa shape index (κ3) is 6.68. The molecule has 0 radical (unpaired) electrons. The van der Waals surface area contributed by atoms with Gasteiger partial charge in [-0.15, -0.1) is 0 Å². The third-order valence-electron chi connectivity index (χ3n) is 7.15. The van der Waals surface area contributed by atoms with Gasteiger partial charge < -0.3 is 29.6 Å². The van der Waals surface area contributed by atoms with Crippen LogP contribution >= 0.6 is 0 Å². The number of aromatic nitrogens is 2. The number of rotatable bonds is 6. The second kappa shape index (κ2) is 11.9. The van der Waals surface area contributed by atoms with Gasteiger partial charge in [-0.25, -0.2) is 0 Å². The molecule has 0 aliphatic carbocycles. The Morgan fingerprint density at radius 3 is 2.51 bits per heavy atom. The number of benzene rings is 1. The van der Waals surface area contributed by atoms with Crippen LogP contribution < -0.4 is 20.5 Å². The van der Waals surface area contributed by atoms with E-state index >= 15 is 4.39 Å². The van der Waals surface area contributed by atoms with Crippen molar-refractivity contribution in [1.82, 2.24) is 14.9 Å². The van der Waals surface area contributed by atoms with Crippen molar-refractivity contribution in [3.05, 3.63) is 70.0 Å².